The number of aliphatic imine (C=N–C) groups is 1. The number of hydrogen-bond donors (Lipinski definition) is 2. The van der Waals surface area contributed by atoms with E-state index in [9.17, 15) is 9.90 Å². The quantitative estimate of drug-likeness (QED) is 0.405. The molecule has 0 amide bonds. The molecule has 2 spiro atoms. The highest BCUT2D eigenvalue weighted by atomic mass is 16.3. The molecule has 3 aliphatic carbocycles. The van der Waals surface area contributed by atoms with Crippen molar-refractivity contribution < 1.29 is 9.90 Å². The lowest BCUT2D eigenvalue weighted by molar-refractivity contribution is -0.113. The first-order chi connectivity index (χ1) is 18.5. The number of hydrogen-bond acceptors (Lipinski definition) is 4. The molecule has 4 nitrogen and oxygen atoms in total. The zero-order valence-corrected chi connectivity index (χ0v) is 22.5. The van der Waals surface area contributed by atoms with Crippen LogP contribution in [0.3, 0.4) is 0 Å². The lowest BCUT2D eigenvalue weighted by Crippen LogP contribution is -2.38. The Morgan fingerprint density at radius 1 is 0.789 bits per heavy atom. The predicted molar refractivity (Wildman–Crippen MR) is 153 cm³/mol. The Labute approximate surface area is 225 Å². The van der Waals surface area contributed by atoms with Crippen molar-refractivity contribution in [3.8, 4) is 0 Å². The van der Waals surface area contributed by atoms with Crippen LogP contribution in [-0.4, -0.2) is 16.6 Å². The van der Waals surface area contributed by atoms with Crippen molar-refractivity contribution >= 4 is 22.9 Å². The molecule has 2 fully saturated rings. The highest BCUT2D eigenvalue weighted by Crippen LogP contribution is 2.55. The van der Waals surface area contributed by atoms with Crippen molar-refractivity contribution in [1.29, 1.82) is 0 Å². The Kier molecular flexibility index (Phi) is 5.34. The normalized spacial score (nSPS) is 25.5. The molecule has 194 valence electrons. The van der Waals surface area contributed by atoms with Crippen molar-refractivity contribution in [3.05, 3.63) is 93.4 Å². The average Bonchev–Trinajstić information content (AvgIpc) is 3.43. The zero-order chi connectivity index (χ0) is 26.1. The number of carbonyl (C=O) groups is 1. The fraction of sp³-hybridized carbons (Fsp3) is 0.412. The first-order valence-electron chi connectivity index (χ1n) is 14.4. The minimum absolute atomic E-state index is 0.0432. The molecule has 5 aliphatic rings. The van der Waals surface area contributed by atoms with E-state index in [1.54, 1.807) is 0 Å². The van der Waals surface area contributed by atoms with Crippen LogP contribution in [0.25, 0.3) is 0 Å². The SMILES string of the molecule is CC(C1=Nc2ccccc2C12CCCCC2)=C1C(=O)C(C(C)=C2Nc3ccccc3C23CCCCC3)=C1O. The Morgan fingerprint density at radius 2 is 1.39 bits per heavy atom. The van der Waals surface area contributed by atoms with Gasteiger partial charge in [-0.3, -0.25) is 9.79 Å². The van der Waals surface area contributed by atoms with E-state index in [0.29, 0.717) is 11.1 Å². The monoisotopic (exact) mass is 504 g/mol. The third kappa shape index (κ3) is 3.09. The van der Waals surface area contributed by atoms with Gasteiger partial charge in [0.1, 0.15) is 5.76 Å². The van der Waals surface area contributed by atoms with Crippen LogP contribution in [0.1, 0.15) is 89.2 Å². The Balaban J connectivity index is 1.33. The number of nitrogens with zero attached hydrogens (tertiary/aromatic N) is 1. The third-order valence-electron chi connectivity index (χ3n) is 10.1. The van der Waals surface area contributed by atoms with Crippen LogP contribution in [0.4, 0.5) is 11.4 Å². The van der Waals surface area contributed by atoms with Crippen LogP contribution < -0.4 is 5.32 Å². The van der Waals surface area contributed by atoms with Crippen LogP contribution in [0.15, 0.2) is 87.3 Å². The Morgan fingerprint density at radius 3 is 2.08 bits per heavy atom. The van der Waals surface area contributed by atoms with E-state index in [-0.39, 0.29) is 22.4 Å². The van der Waals surface area contributed by atoms with Gasteiger partial charge < -0.3 is 10.4 Å². The summed E-state index contributed by atoms with van der Waals surface area (Å²) in [7, 11) is 0. The maximum atomic E-state index is 13.9. The minimum Gasteiger partial charge on any atom is -0.506 e. The lowest BCUT2D eigenvalue weighted by atomic mass is 9.64. The number of aliphatic hydroxyl groups is 1. The van der Waals surface area contributed by atoms with Gasteiger partial charge in [-0.2, -0.15) is 0 Å². The predicted octanol–water partition coefficient (Wildman–Crippen LogP) is 8.29. The second-order valence-corrected chi connectivity index (χ2v) is 12.0. The van der Waals surface area contributed by atoms with Gasteiger partial charge >= 0.3 is 0 Å². The van der Waals surface area contributed by atoms with E-state index in [0.717, 1.165) is 72.5 Å². The maximum Gasteiger partial charge on any atom is 0.201 e. The molecular formula is C34H36N2O2. The number of fused-ring (bicyclic) bond motifs is 4. The number of nitrogens with one attached hydrogen (secondary N) is 1. The summed E-state index contributed by atoms with van der Waals surface area (Å²) in [4.78, 5) is 19.0. The van der Waals surface area contributed by atoms with Gasteiger partial charge in [0.25, 0.3) is 0 Å². The summed E-state index contributed by atoms with van der Waals surface area (Å²) in [5.74, 6) is 0.101. The fourth-order valence-electron chi connectivity index (χ4n) is 8.30. The van der Waals surface area contributed by atoms with Crippen LogP contribution in [-0.2, 0) is 15.6 Å². The van der Waals surface area contributed by atoms with Crippen molar-refractivity contribution in [2.24, 2.45) is 4.99 Å². The number of para-hydroxylation sites is 2. The van der Waals surface area contributed by atoms with Crippen molar-refractivity contribution in [3.63, 3.8) is 0 Å². The van der Waals surface area contributed by atoms with E-state index in [1.165, 1.54) is 36.8 Å². The number of Topliss-reactive ketones (excluding diaryl/α,β-unsaturated/α-hetero) is 1. The Bertz CT molecular complexity index is 1490. The van der Waals surface area contributed by atoms with Gasteiger partial charge in [-0.05, 0) is 73.9 Å². The van der Waals surface area contributed by atoms with Gasteiger partial charge in [-0.1, -0.05) is 74.9 Å². The summed E-state index contributed by atoms with van der Waals surface area (Å²) in [6.45, 7) is 4.02. The second-order valence-electron chi connectivity index (χ2n) is 12.0. The molecule has 2 aliphatic heterocycles. The highest BCUT2D eigenvalue weighted by Gasteiger charge is 2.49. The fourth-order valence-corrected chi connectivity index (χ4v) is 8.30. The van der Waals surface area contributed by atoms with Crippen molar-refractivity contribution in [1.82, 2.24) is 0 Å². The summed E-state index contributed by atoms with van der Waals surface area (Å²) >= 11 is 0. The standard InChI is InChI=1S/C34H36N2O2/c1-21(31-33(17-9-3-10-18-33)23-13-5-7-15-25(23)35-31)27-29(37)28(30(27)38)22(2)32-34(19-11-4-12-20-34)24-14-6-8-16-26(24)36-32/h5-8,13-16,35,37H,3-4,9-12,17-20H2,1-2H3. The first kappa shape index (κ1) is 23.7. The van der Waals surface area contributed by atoms with Crippen LogP contribution in [0.5, 0.6) is 0 Å². The number of allylic oxidation sites excluding steroid dienone is 5. The molecular weight excluding hydrogens is 468 g/mol. The molecule has 2 aromatic carbocycles. The largest absolute Gasteiger partial charge is 0.506 e. The molecule has 2 saturated carbocycles. The van der Waals surface area contributed by atoms with Crippen LogP contribution in [0.2, 0.25) is 0 Å². The van der Waals surface area contributed by atoms with Crippen molar-refractivity contribution in [2.45, 2.75) is 88.9 Å². The van der Waals surface area contributed by atoms with Gasteiger partial charge in [0.05, 0.1) is 22.5 Å². The molecule has 0 unspecified atom stereocenters. The van der Waals surface area contributed by atoms with Gasteiger partial charge in [0.15, 0.2) is 0 Å². The van der Waals surface area contributed by atoms with E-state index in [1.807, 2.05) is 19.9 Å². The van der Waals surface area contributed by atoms with E-state index in [2.05, 4.69) is 47.8 Å². The van der Waals surface area contributed by atoms with Gasteiger partial charge in [0.2, 0.25) is 5.78 Å². The number of carbonyl (C=O) groups excluding carboxylic acids is 1. The highest BCUT2D eigenvalue weighted by molar-refractivity contribution is 6.27. The molecule has 4 heteroatoms. The summed E-state index contributed by atoms with van der Waals surface area (Å²) in [6.07, 6.45) is 11.4. The zero-order valence-electron chi connectivity index (χ0n) is 22.5. The average molecular weight is 505 g/mol. The third-order valence-corrected chi connectivity index (χ3v) is 10.1. The van der Waals surface area contributed by atoms with Gasteiger partial charge in [0, 0.05) is 22.2 Å². The molecule has 7 rings (SSSR count). The smallest absolute Gasteiger partial charge is 0.201 e. The summed E-state index contributed by atoms with van der Waals surface area (Å²) in [5.41, 5.74) is 9.34. The maximum absolute atomic E-state index is 13.9. The molecule has 2 N–H and O–H groups in total. The van der Waals surface area contributed by atoms with E-state index < -0.39 is 0 Å². The van der Waals surface area contributed by atoms with Gasteiger partial charge in [-0.15, -0.1) is 0 Å². The van der Waals surface area contributed by atoms with E-state index in [4.69, 9.17) is 4.99 Å². The molecule has 38 heavy (non-hydrogen) atoms. The number of rotatable bonds is 2. The number of aliphatic hydroxyl groups excluding tert-OH is 1. The Hall–Kier alpha value is -3.40. The van der Waals surface area contributed by atoms with Crippen LogP contribution in [0, 0.1) is 0 Å². The molecule has 0 bridgehead atoms. The topological polar surface area (TPSA) is 61.7 Å². The molecule has 0 aromatic heterocycles. The molecule has 0 radical (unpaired) electrons. The molecule has 0 saturated heterocycles. The number of benzene rings is 2. The number of ketones is 1. The summed E-state index contributed by atoms with van der Waals surface area (Å²) in [6, 6.07) is 17.0. The summed E-state index contributed by atoms with van der Waals surface area (Å²) < 4.78 is 0. The van der Waals surface area contributed by atoms with E-state index >= 15 is 0 Å². The van der Waals surface area contributed by atoms with Crippen molar-refractivity contribution in [2.75, 3.05) is 5.32 Å². The molecule has 0 atom stereocenters. The number of anilines is 1. The van der Waals surface area contributed by atoms with Crippen LogP contribution >= 0.6 is 0 Å². The minimum atomic E-state index is -0.142. The second kappa shape index (κ2) is 8.56. The molecule has 2 heterocycles. The summed E-state index contributed by atoms with van der Waals surface area (Å²) in [5, 5.41) is 15.2. The van der Waals surface area contributed by atoms with Gasteiger partial charge in [-0.25, -0.2) is 0 Å². The first-order valence-corrected chi connectivity index (χ1v) is 14.4. The lowest BCUT2D eigenvalue weighted by Gasteiger charge is -2.38. The molecule has 2 aromatic rings.